The van der Waals surface area contributed by atoms with Gasteiger partial charge in [0.2, 0.25) is 0 Å². The van der Waals surface area contributed by atoms with Crippen molar-refractivity contribution in [1.82, 2.24) is 9.88 Å². The summed E-state index contributed by atoms with van der Waals surface area (Å²) in [7, 11) is 0. The lowest BCUT2D eigenvalue weighted by Crippen LogP contribution is -2.44. The Hall–Kier alpha value is -2.91. The number of hydrogen-bond donors (Lipinski definition) is 1. The van der Waals surface area contributed by atoms with E-state index in [4.69, 9.17) is 0 Å². The Morgan fingerprint density at radius 2 is 1.85 bits per heavy atom. The zero-order chi connectivity index (χ0) is 18.7. The number of nitrogens with zero attached hydrogens (tertiary/aromatic N) is 3. The molecule has 0 bridgehead atoms. The molecule has 0 radical (unpaired) electrons. The first kappa shape index (κ1) is 20.4. The zero-order valence-corrected chi connectivity index (χ0v) is 15.7. The van der Waals surface area contributed by atoms with E-state index in [1.165, 1.54) is 12.3 Å². The minimum atomic E-state index is -1.08. The van der Waals surface area contributed by atoms with E-state index in [1.807, 2.05) is 30.3 Å². The van der Waals surface area contributed by atoms with Crippen molar-refractivity contribution < 1.29 is 14.7 Å². The molecular formula is C20H20ClN3O3. The van der Waals surface area contributed by atoms with Crippen LogP contribution in [-0.4, -0.2) is 40.0 Å². The average molecular weight is 386 g/mol. The average Bonchev–Trinajstić information content (AvgIpc) is 2.68. The summed E-state index contributed by atoms with van der Waals surface area (Å²) in [6.45, 7) is 2.51. The molecule has 0 saturated carbocycles. The molecule has 3 rings (SSSR count). The molecule has 0 spiro atoms. The molecule has 1 aliphatic heterocycles. The van der Waals surface area contributed by atoms with Crippen LogP contribution < -0.4 is 0 Å². The van der Waals surface area contributed by atoms with Gasteiger partial charge < -0.3 is 10.0 Å². The van der Waals surface area contributed by atoms with Gasteiger partial charge in [-0.3, -0.25) is 9.78 Å². The third-order valence-corrected chi connectivity index (χ3v) is 5.00. The fourth-order valence-electron chi connectivity index (χ4n) is 3.35. The van der Waals surface area contributed by atoms with Crippen molar-refractivity contribution in [2.45, 2.75) is 25.2 Å². The van der Waals surface area contributed by atoms with Gasteiger partial charge in [-0.2, -0.15) is 5.26 Å². The molecule has 0 unspecified atom stereocenters. The van der Waals surface area contributed by atoms with E-state index >= 15 is 0 Å². The van der Waals surface area contributed by atoms with Gasteiger partial charge in [0.25, 0.3) is 5.91 Å². The minimum Gasteiger partial charge on any atom is -0.478 e. The molecule has 2 aromatic rings. The van der Waals surface area contributed by atoms with Gasteiger partial charge in [-0.25, -0.2) is 4.79 Å². The van der Waals surface area contributed by atoms with E-state index in [2.05, 4.69) is 11.1 Å². The number of halogens is 1. The van der Waals surface area contributed by atoms with Crippen molar-refractivity contribution in [2.75, 3.05) is 13.1 Å². The van der Waals surface area contributed by atoms with Crippen LogP contribution in [0.3, 0.4) is 0 Å². The third kappa shape index (κ3) is 3.93. The van der Waals surface area contributed by atoms with Crippen LogP contribution in [0.15, 0.2) is 42.6 Å². The molecule has 1 fully saturated rings. The van der Waals surface area contributed by atoms with Gasteiger partial charge in [0.15, 0.2) is 0 Å². The predicted molar refractivity (Wildman–Crippen MR) is 102 cm³/mol. The maximum absolute atomic E-state index is 12.7. The predicted octanol–water partition coefficient (Wildman–Crippen LogP) is 3.21. The van der Waals surface area contributed by atoms with Crippen molar-refractivity contribution in [1.29, 1.82) is 5.26 Å². The number of aromatic carboxylic acids is 1. The molecule has 0 atom stereocenters. The van der Waals surface area contributed by atoms with Crippen LogP contribution in [0.25, 0.3) is 0 Å². The number of carboxylic acid groups (broad SMARTS) is 1. The summed E-state index contributed by atoms with van der Waals surface area (Å²) in [5.41, 5.74) is 1.09. The molecule has 6 nitrogen and oxygen atoms in total. The Balaban J connectivity index is 0.00000261. The fourth-order valence-corrected chi connectivity index (χ4v) is 3.35. The van der Waals surface area contributed by atoms with Crippen LogP contribution in [0.1, 0.15) is 44.8 Å². The molecular weight excluding hydrogens is 366 g/mol. The smallest absolute Gasteiger partial charge is 0.336 e. The number of hydrogen-bond acceptors (Lipinski definition) is 4. The van der Waals surface area contributed by atoms with Gasteiger partial charge in [0.1, 0.15) is 5.69 Å². The summed E-state index contributed by atoms with van der Waals surface area (Å²) < 4.78 is 0. The lowest BCUT2D eigenvalue weighted by Gasteiger charge is -2.37. The highest BCUT2D eigenvalue weighted by atomic mass is 35.5. The Kier molecular flexibility index (Phi) is 6.19. The van der Waals surface area contributed by atoms with Crippen LogP contribution in [-0.2, 0) is 5.41 Å². The molecule has 1 aliphatic rings. The molecule has 1 aromatic carbocycles. The van der Waals surface area contributed by atoms with E-state index in [1.54, 1.807) is 11.8 Å². The molecule has 1 amide bonds. The molecule has 27 heavy (non-hydrogen) atoms. The number of carbonyl (C=O) groups excluding carboxylic acids is 1. The highest BCUT2D eigenvalue weighted by Gasteiger charge is 2.38. The summed E-state index contributed by atoms with van der Waals surface area (Å²) in [4.78, 5) is 29.7. The summed E-state index contributed by atoms with van der Waals surface area (Å²) in [5.74, 6) is -1.38. The number of aryl methyl sites for hydroxylation is 1. The monoisotopic (exact) mass is 385 g/mol. The topological polar surface area (TPSA) is 94.3 Å². The standard InChI is InChI=1S/C20H19N3O3.ClH/c1-14-12-22-17(11-16(14)19(25)26)18(24)23-9-7-20(13-21,8-10-23)15-5-3-2-4-6-15;/h2-6,11-12H,7-10H2,1H3,(H,25,26);1H. The second-order valence-corrected chi connectivity index (χ2v) is 6.54. The van der Waals surface area contributed by atoms with E-state index in [0.717, 1.165) is 5.56 Å². The second kappa shape index (κ2) is 8.19. The maximum atomic E-state index is 12.7. The number of pyridine rings is 1. The first-order chi connectivity index (χ1) is 12.5. The minimum absolute atomic E-state index is 0. The van der Waals surface area contributed by atoms with E-state index in [0.29, 0.717) is 31.5 Å². The van der Waals surface area contributed by atoms with Gasteiger partial charge in [-0.1, -0.05) is 30.3 Å². The Bertz CT molecular complexity index is 885. The first-order valence-electron chi connectivity index (χ1n) is 8.43. The van der Waals surface area contributed by atoms with Crippen LogP contribution >= 0.6 is 12.4 Å². The van der Waals surface area contributed by atoms with Crippen molar-refractivity contribution in [3.63, 3.8) is 0 Å². The molecule has 2 heterocycles. The van der Waals surface area contributed by atoms with Crippen molar-refractivity contribution in [3.8, 4) is 6.07 Å². The van der Waals surface area contributed by atoms with Crippen LogP contribution in [0, 0.1) is 18.3 Å². The molecule has 1 saturated heterocycles. The molecule has 1 N–H and O–H groups in total. The number of piperidine rings is 1. The maximum Gasteiger partial charge on any atom is 0.336 e. The van der Waals surface area contributed by atoms with E-state index in [-0.39, 0.29) is 29.6 Å². The second-order valence-electron chi connectivity index (χ2n) is 6.54. The fraction of sp³-hybridized carbons (Fsp3) is 0.300. The summed E-state index contributed by atoms with van der Waals surface area (Å²) in [6, 6.07) is 13.4. The van der Waals surface area contributed by atoms with Gasteiger partial charge in [-0.05, 0) is 37.0 Å². The van der Waals surface area contributed by atoms with Crippen molar-refractivity contribution in [3.05, 3.63) is 65.0 Å². The van der Waals surface area contributed by atoms with Crippen LogP contribution in [0.2, 0.25) is 0 Å². The largest absolute Gasteiger partial charge is 0.478 e. The van der Waals surface area contributed by atoms with Gasteiger partial charge in [-0.15, -0.1) is 12.4 Å². The first-order valence-corrected chi connectivity index (χ1v) is 8.43. The van der Waals surface area contributed by atoms with Crippen molar-refractivity contribution in [2.24, 2.45) is 0 Å². The molecule has 140 valence electrons. The Morgan fingerprint density at radius 1 is 1.22 bits per heavy atom. The number of aromatic nitrogens is 1. The van der Waals surface area contributed by atoms with Gasteiger partial charge in [0, 0.05) is 19.3 Å². The lowest BCUT2D eigenvalue weighted by atomic mass is 9.74. The van der Waals surface area contributed by atoms with E-state index < -0.39 is 11.4 Å². The Morgan fingerprint density at radius 3 is 2.41 bits per heavy atom. The zero-order valence-electron chi connectivity index (χ0n) is 14.9. The lowest BCUT2D eigenvalue weighted by molar-refractivity contribution is 0.0685. The highest BCUT2D eigenvalue weighted by Crippen LogP contribution is 2.35. The van der Waals surface area contributed by atoms with Gasteiger partial charge in [0.05, 0.1) is 17.0 Å². The number of amides is 1. The third-order valence-electron chi connectivity index (χ3n) is 5.00. The van der Waals surface area contributed by atoms with Gasteiger partial charge >= 0.3 is 5.97 Å². The molecule has 7 heteroatoms. The quantitative estimate of drug-likeness (QED) is 0.875. The summed E-state index contributed by atoms with van der Waals surface area (Å²) in [6.07, 6.45) is 2.48. The van der Waals surface area contributed by atoms with Crippen molar-refractivity contribution >= 4 is 24.3 Å². The Labute approximate surface area is 163 Å². The SMILES string of the molecule is Cc1cnc(C(=O)N2CCC(C#N)(c3ccccc3)CC2)cc1C(=O)O.Cl. The van der Waals surface area contributed by atoms with Crippen LogP contribution in [0.5, 0.6) is 0 Å². The number of benzene rings is 1. The summed E-state index contributed by atoms with van der Waals surface area (Å²) >= 11 is 0. The molecule has 0 aliphatic carbocycles. The number of nitriles is 1. The normalized spacial score (nSPS) is 15.3. The molecule has 1 aromatic heterocycles. The summed E-state index contributed by atoms with van der Waals surface area (Å²) in [5, 5.41) is 19.0. The number of carbonyl (C=O) groups is 2. The number of carboxylic acids is 1. The number of likely N-dealkylation sites (tertiary alicyclic amines) is 1. The van der Waals surface area contributed by atoms with Crippen LogP contribution in [0.4, 0.5) is 0 Å². The highest BCUT2D eigenvalue weighted by molar-refractivity contribution is 5.96. The number of rotatable bonds is 3. The van der Waals surface area contributed by atoms with E-state index in [9.17, 15) is 20.0 Å².